The van der Waals surface area contributed by atoms with Crippen LogP contribution in [0, 0.1) is 5.82 Å². The van der Waals surface area contributed by atoms with Crippen LogP contribution in [0.5, 0.6) is 0 Å². The topological polar surface area (TPSA) is 12.0 Å². The summed E-state index contributed by atoms with van der Waals surface area (Å²) in [6.45, 7) is 2.18. The largest absolute Gasteiger partial charge is 0.309 e. The minimum absolute atomic E-state index is 0.00931. The third-order valence-corrected chi connectivity index (χ3v) is 2.72. The van der Waals surface area contributed by atoms with Gasteiger partial charge < -0.3 is 5.32 Å². The quantitative estimate of drug-likeness (QED) is 0.878. The normalized spacial score (nSPS) is 13.1. The summed E-state index contributed by atoms with van der Waals surface area (Å²) < 4.78 is 39.2. The Labute approximate surface area is 101 Å². The van der Waals surface area contributed by atoms with Gasteiger partial charge in [0.1, 0.15) is 5.82 Å². The van der Waals surface area contributed by atoms with Gasteiger partial charge >= 0.3 is 0 Å². The Morgan fingerprint density at radius 1 is 1.38 bits per heavy atom. The first kappa shape index (κ1) is 13.5. The number of hydrogen-bond acceptors (Lipinski definition) is 1. The molecule has 1 atom stereocenters. The van der Waals surface area contributed by atoms with E-state index in [2.05, 4.69) is 21.2 Å². The molecular weight excluding hydrogens is 283 g/mol. The molecule has 0 heterocycles. The minimum atomic E-state index is -2.50. The Hall–Kier alpha value is -0.550. The fraction of sp³-hybridized carbons (Fsp3) is 0.455. The fourth-order valence-corrected chi connectivity index (χ4v) is 1.77. The van der Waals surface area contributed by atoms with Crippen molar-refractivity contribution in [2.45, 2.75) is 25.8 Å². The van der Waals surface area contributed by atoms with Gasteiger partial charge in [-0.3, -0.25) is 0 Å². The van der Waals surface area contributed by atoms with Gasteiger partial charge in [-0.05, 0) is 30.7 Å². The highest BCUT2D eigenvalue weighted by molar-refractivity contribution is 9.10. The van der Waals surface area contributed by atoms with Crippen LogP contribution in [0.1, 0.15) is 12.5 Å². The number of hydrogen-bond donors (Lipinski definition) is 1. The number of alkyl halides is 2. The van der Waals surface area contributed by atoms with Crippen molar-refractivity contribution < 1.29 is 13.2 Å². The summed E-state index contributed by atoms with van der Waals surface area (Å²) >= 11 is 3.12. The Morgan fingerprint density at radius 2 is 2.06 bits per heavy atom. The summed E-state index contributed by atoms with van der Waals surface area (Å²) in [7, 11) is 0. The van der Waals surface area contributed by atoms with Crippen molar-refractivity contribution in [2.24, 2.45) is 0 Å². The molecule has 1 rings (SSSR count). The number of halogens is 4. The Kier molecular flexibility index (Phi) is 5.28. The second-order valence-corrected chi connectivity index (χ2v) is 4.35. The molecule has 1 unspecified atom stereocenters. The molecule has 0 saturated heterocycles. The minimum Gasteiger partial charge on any atom is -0.309 e. The first-order valence-corrected chi connectivity index (χ1v) is 5.79. The predicted octanol–water partition coefficient (Wildman–Crippen LogP) is 3.37. The van der Waals surface area contributed by atoms with Gasteiger partial charge in [0.25, 0.3) is 6.43 Å². The van der Waals surface area contributed by atoms with Crippen molar-refractivity contribution in [1.82, 2.24) is 5.32 Å². The maximum absolute atomic E-state index is 13.4. The van der Waals surface area contributed by atoms with Crippen molar-refractivity contribution in [3.05, 3.63) is 34.1 Å². The first-order chi connectivity index (χ1) is 7.54. The van der Waals surface area contributed by atoms with Crippen molar-refractivity contribution in [1.29, 1.82) is 0 Å². The van der Waals surface area contributed by atoms with Crippen LogP contribution in [-0.2, 0) is 6.42 Å². The molecule has 1 N–H and O–H groups in total. The molecule has 0 aliphatic rings. The van der Waals surface area contributed by atoms with Gasteiger partial charge in [-0.15, -0.1) is 0 Å². The highest BCUT2D eigenvalue weighted by atomic mass is 79.9. The molecule has 0 aliphatic carbocycles. The monoisotopic (exact) mass is 295 g/mol. The lowest BCUT2D eigenvalue weighted by Gasteiger charge is -2.17. The molecule has 5 heteroatoms. The van der Waals surface area contributed by atoms with Gasteiger partial charge in [-0.2, -0.15) is 0 Å². The van der Waals surface area contributed by atoms with Gasteiger partial charge in [-0.1, -0.05) is 28.9 Å². The molecule has 1 nitrogen and oxygen atoms in total. The van der Waals surface area contributed by atoms with Crippen molar-refractivity contribution in [2.75, 3.05) is 6.54 Å². The summed E-state index contributed by atoms with van der Waals surface area (Å²) in [5.41, 5.74) is 0.300. The van der Waals surface area contributed by atoms with Crippen LogP contribution in [0.4, 0.5) is 13.2 Å². The molecule has 0 fully saturated rings. The second-order valence-electron chi connectivity index (χ2n) is 3.44. The number of benzene rings is 1. The molecule has 90 valence electrons. The summed E-state index contributed by atoms with van der Waals surface area (Å²) in [5.74, 6) is -0.460. The van der Waals surface area contributed by atoms with Crippen LogP contribution in [0.3, 0.4) is 0 Å². The maximum Gasteiger partial charge on any atom is 0.254 e. The van der Waals surface area contributed by atoms with E-state index in [0.29, 0.717) is 16.6 Å². The zero-order chi connectivity index (χ0) is 12.1. The number of likely N-dealkylation sites (N-methyl/N-ethyl adjacent to an activating group) is 1. The Balaban J connectivity index is 2.77. The summed E-state index contributed by atoms with van der Waals surface area (Å²) in [6.07, 6.45) is -2.51. The van der Waals surface area contributed by atoms with Gasteiger partial charge in [-0.25, -0.2) is 13.2 Å². The lowest BCUT2D eigenvalue weighted by molar-refractivity contribution is 0.0987. The van der Waals surface area contributed by atoms with Gasteiger partial charge in [0.05, 0.1) is 6.04 Å². The third kappa shape index (κ3) is 3.79. The lowest BCUT2D eigenvalue weighted by Crippen LogP contribution is -2.37. The second kappa shape index (κ2) is 6.25. The highest BCUT2D eigenvalue weighted by Crippen LogP contribution is 2.18. The number of rotatable bonds is 5. The molecule has 16 heavy (non-hydrogen) atoms. The van der Waals surface area contributed by atoms with Crippen molar-refractivity contribution >= 4 is 15.9 Å². The molecule has 0 saturated carbocycles. The van der Waals surface area contributed by atoms with Gasteiger partial charge in [0, 0.05) is 4.47 Å². The average molecular weight is 296 g/mol. The van der Waals surface area contributed by atoms with E-state index in [1.807, 2.05) is 0 Å². The van der Waals surface area contributed by atoms with Crippen LogP contribution in [-0.4, -0.2) is 19.0 Å². The SMILES string of the molecule is CCNC(Cc1ccc(Br)cc1F)C(F)F. The van der Waals surface area contributed by atoms with E-state index in [0.717, 1.165) is 0 Å². The molecule has 0 spiro atoms. The Bertz CT molecular complexity index is 344. The van der Waals surface area contributed by atoms with Crippen molar-refractivity contribution in [3.63, 3.8) is 0 Å². The number of nitrogens with one attached hydrogen (secondary N) is 1. The third-order valence-electron chi connectivity index (χ3n) is 2.23. The Morgan fingerprint density at radius 3 is 2.56 bits per heavy atom. The van der Waals surface area contributed by atoms with Crippen LogP contribution in [0.15, 0.2) is 22.7 Å². The molecule has 0 radical (unpaired) electrons. The van der Waals surface area contributed by atoms with Crippen LogP contribution >= 0.6 is 15.9 Å². The lowest BCUT2D eigenvalue weighted by atomic mass is 10.1. The molecule has 0 aliphatic heterocycles. The molecule has 1 aromatic rings. The van der Waals surface area contributed by atoms with E-state index in [1.165, 1.54) is 12.1 Å². The zero-order valence-electron chi connectivity index (χ0n) is 8.81. The fourth-order valence-electron chi connectivity index (χ4n) is 1.44. The van der Waals surface area contributed by atoms with Crippen molar-refractivity contribution in [3.8, 4) is 0 Å². The van der Waals surface area contributed by atoms with E-state index < -0.39 is 18.3 Å². The van der Waals surface area contributed by atoms with Crippen LogP contribution < -0.4 is 5.32 Å². The predicted molar refractivity (Wildman–Crippen MR) is 61.3 cm³/mol. The smallest absolute Gasteiger partial charge is 0.254 e. The standard InChI is InChI=1S/C11H13BrF3N/c1-2-16-10(11(14)15)5-7-3-4-8(12)6-9(7)13/h3-4,6,10-11,16H,2,5H2,1H3. The molecule has 1 aromatic carbocycles. The molecule has 0 bridgehead atoms. The van der Waals surface area contributed by atoms with E-state index in [-0.39, 0.29) is 6.42 Å². The first-order valence-electron chi connectivity index (χ1n) is 5.00. The molecule has 0 aromatic heterocycles. The molecule has 0 amide bonds. The summed E-state index contributed by atoms with van der Waals surface area (Å²) in [6, 6.07) is 3.45. The van der Waals surface area contributed by atoms with Gasteiger partial charge in [0.2, 0.25) is 0 Å². The maximum atomic E-state index is 13.4. The van der Waals surface area contributed by atoms with Gasteiger partial charge in [0.15, 0.2) is 0 Å². The van der Waals surface area contributed by atoms with E-state index in [9.17, 15) is 13.2 Å². The average Bonchev–Trinajstić information content (AvgIpc) is 2.20. The van der Waals surface area contributed by atoms with E-state index in [1.54, 1.807) is 13.0 Å². The van der Waals surface area contributed by atoms with E-state index in [4.69, 9.17) is 0 Å². The summed E-state index contributed by atoms with van der Waals surface area (Å²) in [5, 5.41) is 2.64. The highest BCUT2D eigenvalue weighted by Gasteiger charge is 2.20. The van der Waals surface area contributed by atoms with E-state index >= 15 is 0 Å². The molecular formula is C11H13BrF3N. The summed E-state index contributed by atoms with van der Waals surface area (Å²) in [4.78, 5) is 0. The van der Waals surface area contributed by atoms with Crippen LogP contribution in [0.2, 0.25) is 0 Å². The zero-order valence-corrected chi connectivity index (χ0v) is 10.4. The van der Waals surface area contributed by atoms with Crippen LogP contribution in [0.25, 0.3) is 0 Å².